The van der Waals surface area contributed by atoms with E-state index in [0.29, 0.717) is 36.1 Å². The lowest BCUT2D eigenvalue weighted by Crippen LogP contribution is -2.40. The van der Waals surface area contributed by atoms with E-state index in [9.17, 15) is 4.79 Å². The molecule has 1 amide bonds. The Morgan fingerprint density at radius 1 is 1.06 bits per heavy atom. The molecule has 1 saturated heterocycles. The number of ether oxygens (including phenoxy) is 5. The van der Waals surface area contributed by atoms with Crippen molar-refractivity contribution in [3.63, 3.8) is 0 Å². The van der Waals surface area contributed by atoms with Gasteiger partial charge in [-0.15, -0.1) is 0 Å². The lowest BCUT2D eigenvalue weighted by Gasteiger charge is -2.26. The highest BCUT2D eigenvalue weighted by Crippen LogP contribution is 2.41. The van der Waals surface area contributed by atoms with Crippen molar-refractivity contribution in [3.8, 4) is 34.3 Å². The van der Waals surface area contributed by atoms with Gasteiger partial charge in [-0.3, -0.25) is 4.79 Å². The minimum Gasteiger partial charge on any atom is -0.497 e. The smallest absolute Gasteiger partial charge is 0.252 e. The van der Waals surface area contributed by atoms with Gasteiger partial charge in [-0.2, -0.15) is 0 Å². The molecule has 35 heavy (non-hydrogen) atoms. The minimum absolute atomic E-state index is 0.0688. The van der Waals surface area contributed by atoms with E-state index in [2.05, 4.69) is 6.07 Å². The van der Waals surface area contributed by atoms with Gasteiger partial charge in [0.15, 0.2) is 11.5 Å². The van der Waals surface area contributed by atoms with Crippen LogP contribution >= 0.6 is 0 Å². The summed E-state index contributed by atoms with van der Waals surface area (Å²) in [5, 5.41) is 0.926. The second kappa shape index (κ2) is 8.92. The Hall–Kier alpha value is -3.52. The summed E-state index contributed by atoms with van der Waals surface area (Å²) in [6.45, 7) is 1.28. The van der Waals surface area contributed by atoms with E-state index >= 15 is 0 Å². The highest BCUT2D eigenvalue weighted by atomic mass is 16.7. The van der Waals surface area contributed by atoms with Crippen LogP contribution in [0.25, 0.3) is 22.2 Å². The largest absolute Gasteiger partial charge is 0.497 e. The van der Waals surface area contributed by atoms with E-state index < -0.39 is 0 Å². The fraction of sp³-hybridized carbons (Fsp3) is 0.407. The van der Waals surface area contributed by atoms with Crippen molar-refractivity contribution in [2.75, 3.05) is 27.6 Å². The summed E-state index contributed by atoms with van der Waals surface area (Å²) in [6.07, 6.45) is 3.36. The van der Waals surface area contributed by atoms with E-state index in [0.717, 1.165) is 53.4 Å². The van der Waals surface area contributed by atoms with E-state index in [4.69, 9.17) is 28.7 Å². The maximum atomic E-state index is 13.4. The van der Waals surface area contributed by atoms with Gasteiger partial charge in [0, 0.05) is 36.2 Å². The first-order valence-corrected chi connectivity index (χ1v) is 12.0. The number of methoxy groups -OCH3 is 2. The van der Waals surface area contributed by atoms with Crippen molar-refractivity contribution in [1.29, 1.82) is 0 Å². The van der Waals surface area contributed by atoms with Crippen LogP contribution in [0, 0.1) is 0 Å². The molecule has 1 saturated carbocycles. The number of rotatable bonds is 7. The quantitative estimate of drug-likeness (QED) is 0.503. The van der Waals surface area contributed by atoms with Crippen LogP contribution in [0.5, 0.6) is 23.0 Å². The van der Waals surface area contributed by atoms with Crippen LogP contribution in [0.1, 0.15) is 31.2 Å². The van der Waals surface area contributed by atoms with Gasteiger partial charge in [-0.05, 0) is 61.6 Å². The topological polar surface area (TPSA) is 79.4 Å². The molecule has 3 heterocycles. The molecule has 182 valence electrons. The highest BCUT2D eigenvalue weighted by Gasteiger charge is 2.38. The van der Waals surface area contributed by atoms with E-state index in [-0.39, 0.29) is 24.8 Å². The molecule has 0 spiro atoms. The summed E-state index contributed by atoms with van der Waals surface area (Å²) in [6, 6.07) is 11.8. The molecule has 6 rings (SSSR count). The zero-order chi connectivity index (χ0) is 23.9. The van der Waals surface area contributed by atoms with Crippen LogP contribution in [0.2, 0.25) is 0 Å². The van der Waals surface area contributed by atoms with Crippen LogP contribution < -0.4 is 18.9 Å². The van der Waals surface area contributed by atoms with Crippen molar-refractivity contribution in [2.45, 2.75) is 44.4 Å². The second-order valence-electron chi connectivity index (χ2n) is 9.16. The number of pyridine rings is 1. The zero-order valence-electron chi connectivity index (χ0n) is 19.9. The van der Waals surface area contributed by atoms with Gasteiger partial charge in [0.1, 0.15) is 17.6 Å². The number of aromatic nitrogens is 1. The summed E-state index contributed by atoms with van der Waals surface area (Å²) in [5.74, 6) is 2.83. The van der Waals surface area contributed by atoms with Crippen LogP contribution in [0.3, 0.4) is 0 Å². The van der Waals surface area contributed by atoms with Crippen molar-refractivity contribution >= 4 is 16.8 Å². The fourth-order valence-corrected chi connectivity index (χ4v) is 4.87. The first-order chi connectivity index (χ1) is 17.1. The average molecular weight is 477 g/mol. The molecule has 1 aromatic heterocycles. The molecule has 0 radical (unpaired) electrons. The van der Waals surface area contributed by atoms with Crippen molar-refractivity contribution in [1.82, 2.24) is 9.88 Å². The van der Waals surface area contributed by atoms with E-state index in [1.54, 1.807) is 14.2 Å². The maximum absolute atomic E-state index is 13.4. The van der Waals surface area contributed by atoms with Gasteiger partial charge in [0.25, 0.3) is 5.91 Å². The van der Waals surface area contributed by atoms with Crippen LogP contribution in [0.15, 0.2) is 36.4 Å². The Balaban J connectivity index is 1.49. The molecule has 2 aromatic carbocycles. The van der Waals surface area contributed by atoms with Gasteiger partial charge in [-0.1, -0.05) is 0 Å². The molecule has 0 bridgehead atoms. The Morgan fingerprint density at radius 3 is 2.60 bits per heavy atom. The lowest BCUT2D eigenvalue weighted by atomic mass is 10.0. The predicted molar refractivity (Wildman–Crippen MR) is 129 cm³/mol. The first kappa shape index (κ1) is 22.0. The third-order valence-corrected chi connectivity index (χ3v) is 6.87. The van der Waals surface area contributed by atoms with E-state index in [1.807, 2.05) is 35.2 Å². The third-order valence-electron chi connectivity index (χ3n) is 6.87. The molecular formula is C27H28N2O6. The lowest BCUT2D eigenvalue weighted by molar-refractivity contribution is -0.142. The molecular weight excluding hydrogens is 448 g/mol. The summed E-state index contributed by atoms with van der Waals surface area (Å²) in [4.78, 5) is 20.4. The average Bonchev–Trinajstić information content (AvgIpc) is 3.37. The molecule has 8 nitrogen and oxygen atoms in total. The molecule has 2 fully saturated rings. The Bertz CT molecular complexity index is 1280. The number of amides is 1. The molecule has 0 N–H and O–H groups in total. The number of benzene rings is 2. The number of hydrogen-bond acceptors (Lipinski definition) is 7. The normalized spacial score (nSPS) is 18.6. The predicted octanol–water partition coefficient (Wildman–Crippen LogP) is 4.32. The molecule has 8 heteroatoms. The molecule has 2 aliphatic heterocycles. The van der Waals surface area contributed by atoms with Gasteiger partial charge in [0.2, 0.25) is 6.79 Å². The van der Waals surface area contributed by atoms with Crippen LogP contribution in [-0.4, -0.2) is 55.6 Å². The first-order valence-electron chi connectivity index (χ1n) is 12.0. The van der Waals surface area contributed by atoms with Crippen molar-refractivity contribution < 1.29 is 28.5 Å². The van der Waals surface area contributed by atoms with Gasteiger partial charge >= 0.3 is 0 Å². The molecule has 0 unspecified atom stereocenters. The number of carbonyl (C=O) groups is 1. The number of carbonyl (C=O) groups excluding carboxylic acids is 1. The molecule has 1 atom stereocenters. The van der Waals surface area contributed by atoms with Gasteiger partial charge in [-0.25, -0.2) is 4.98 Å². The number of fused-ring (bicyclic) bond motifs is 2. The van der Waals surface area contributed by atoms with Gasteiger partial charge in [0.05, 0.1) is 25.4 Å². The fourth-order valence-electron chi connectivity index (χ4n) is 4.87. The third kappa shape index (κ3) is 4.12. The van der Waals surface area contributed by atoms with Crippen molar-refractivity contribution in [2.24, 2.45) is 0 Å². The number of hydrogen-bond donors (Lipinski definition) is 0. The Labute approximate surface area is 203 Å². The second-order valence-corrected chi connectivity index (χ2v) is 9.16. The summed E-state index contributed by atoms with van der Waals surface area (Å²) >= 11 is 0. The highest BCUT2D eigenvalue weighted by molar-refractivity contribution is 5.88. The Kier molecular flexibility index (Phi) is 5.60. The van der Waals surface area contributed by atoms with Crippen LogP contribution in [-0.2, 0) is 16.1 Å². The standard InChI is InChI=1S/C27H28N2O6/c1-31-19-7-8-22(32-2)20(12-19)26-17(10-16-11-24-25(35-15-34-24)13-21(16)28-26)14-29(18-5-6-18)27(30)23-4-3-9-33-23/h7-8,10-13,18,23H,3-6,9,14-15H2,1-2H3/t23-/m0/s1. The SMILES string of the molecule is COc1ccc(OC)c(-c2nc3cc4c(cc3cc2CN(C(=O)[C@@H]2CCCO2)C2CC2)OCO4)c1. The summed E-state index contributed by atoms with van der Waals surface area (Å²) < 4.78 is 28.1. The van der Waals surface area contributed by atoms with Gasteiger partial charge < -0.3 is 28.6 Å². The monoisotopic (exact) mass is 476 g/mol. The molecule has 1 aliphatic carbocycles. The number of nitrogens with zero attached hydrogens (tertiary/aromatic N) is 2. The minimum atomic E-state index is -0.354. The van der Waals surface area contributed by atoms with Crippen LogP contribution in [0.4, 0.5) is 0 Å². The molecule has 3 aromatic rings. The van der Waals surface area contributed by atoms with Crippen molar-refractivity contribution in [3.05, 3.63) is 42.0 Å². The Morgan fingerprint density at radius 2 is 1.89 bits per heavy atom. The molecule has 3 aliphatic rings. The summed E-state index contributed by atoms with van der Waals surface area (Å²) in [5.41, 5.74) is 3.27. The maximum Gasteiger partial charge on any atom is 0.252 e. The zero-order valence-corrected chi connectivity index (χ0v) is 19.9. The summed E-state index contributed by atoms with van der Waals surface area (Å²) in [7, 11) is 3.28. The van der Waals surface area contributed by atoms with E-state index in [1.165, 1.54) is 0 Å².